The molecule has 0 unspecified atom stereocenters. The van der Waals surface area contributed by atoms with Crippen LogP contribution in [-0.2, 0) is 10.0 Å². The molecule has 0 spiro atoms. The summed E-state index contributed by atoms with van der Waals surface area (Å²) in [6.07, 6.45) is 1.28. The van der Waals surface area contributed by atoms with E-state index in [1.807, 2.05) is 0 Å². The standard InChI is InChI=1S/C12H7ClFN3O2S/c13-9-1-4-12(16-7-9)17-20(18,19)10-2-3-11(14)8(5-10)6-15/h1-5,7H,(H,16,17). The maximum atomic E-state index is 13.2. The maximum absolute atomic E-state index is 13.2. The summed E-state index contributed by atoms with van der Waals surface area (Å²) in [6, 6.07) is 7.37. The molecule has 1 aromatic carbocycles. The molecule has 1 heterocycles. The molecule has 0 radical (unpaired) electrons. The van der Waals surface area contributed by atoms with E-state index in [0.29, 0.717) is 5.02 Å². The first kappa shape index (κ1) is 14.2. The van der Waals surface area contributed by atoms with E-state index in [0.717, 1.165) is 18.2 Å². The number of nitrogens with one attached hydrogen (secondary N) is 1. The Morgan fingerprint density at radius 1 is 1.30 bits per heavy atom. The molecule has 0 aliphatic rings. The van der Waals surface area contributed by atoms with E-state index in [9.17, 15) is 12.8 Å². The average Bonchev–Trinajstić information content (AvgIpc) is 2.41. The molecule has 0 saturated heterocycles. The van der Waals surface area contributed by atoms with Gasteiger partial charge in [0.25, 0.3) is 10.0 Å². The molecule has 2 rings (SSSR count). The van der Waals surface area contributed by atoms with E-state index in [4.69, 9.17) is 16.9 Å². The highest BCUT2D eigenvalue weighted by Crippen LogP contribution is 2.18. The van der Waals surface area contributed by atoms with Crippen LogP contribution in [0.3, 0.4) is 0 Å². The lowest BCUT2D eigenvalue weighted by molar-refractivity contribution is 0.599. The molecule has 0 aliphatic heterocycles. The van der Waals surface area contributed by atoms with Crippen molar-refractivity contribution in [3.05, 3.63) is 52.9 Å². The van der Waals surface area contributed by atoms with Gasteiger partial charge in [0.05, 0.1) is 15.5 Å². The summed E-state index contributed by atoms with van der Waals surface area (Å²) in [5.41, 5.74) is -0.350. The Morgan fingerprint density at radius 2 is 2.05 bits per heavy atom. The van der Waals surface area contributed by atoms with Crippen molar-refractivity contribution < 1.29 is 12.8 Å². The highest BCUT2D eigenvalue weighted by atomic mass is 35.5. The van der Waals surface area contributed by atoms with Crippen LogP contribution in [-0.4, -0.2) is 13.4 Å². The van der Waals surface area contributed by atoms with Crippen molar-refractivity contribution in [2.45, 2.75) is 4.90 Å². The lowest BCUT2D eigenvalue weighted by atomic mass is 10.2. The Balaban J connectivity index is 2.36. The number of nitriles is 1. The van der Waals surface area contributed by atoms with Gasteiger partial charge < -0.3 is 0 Å². The Labute approximate surface area is 119 Å². The fraction of sp³-hybridized carbons (Fsp3) is 0. The quantitative estimate of drug-likeness (QED) is 0.944. The first-order valence-electron chi connectivity index (χ1n) is 5.26. The van der Waals surface area contributed by atoms with Crippen LogP contribution in [0.1, 0.15) is 5.56 Å². The van der Waals surface area contributed by atoms with Crippen molar-refractivity contribution in [3.8, 4) is 6.07 Å². The summed E-state index contributed by atoms with van der Waals surface area (Å²) in [7, 11) is -3.95. The Kier molecular flexibility index (Phi) is 3.88. The van der Waals surface area contributed by atoms with Crippen LogP contribution in [0.15, 0.2) is 41.4 Å². The Bertz CT molecular complexity index is 785. The van der Waals surface area contributed by atoms with E-state index in [1.54, 1.807) is 6.07 Å². The minimum atomic E-state index is -3.95. The molecule has 0 fully saturated rings. The second kappa shape index (κ2) is 5.45. The molecule has 20 heavy (non-hydrogen) atoms. The van der Waals surface area contributed by atoms with Crippen molar-refractivity contribution in [3.63, 3.8) is 0 Å². The van der Waals surface area contributed by atoms with Gasteiger partial charge in [0.2, 0.25) is 0 Å². The molecule has 102 valence electrons. The van der Waals surface area contributed by atoms with E-state index in [2.05, 4.69) is 9.71 Å². The van der Waals surface area contributed by atoms with Crippen LogP contribution < -0.4 is 4.72 Å². The average molecular weight is 312 g/mol. The fourth-order valence-corrected chi connectivity index (χ4v) is 2.54. The van der Waals surface area contributed by atoms with E-state index < -0.39 is 15.8 Å². The molecule has 5 nitrogen and oxygen atoms in total. The number of rotatable bonds is 3. The minimum Gasteiger partial charge on any atom is -0.263 e. The normalized spacial score (nSPS) is 10.8. The van der Waals surface area contributed by atoms with Gasteiger partial charge in [0.1, 0.15) is 17.7 Å². The van der Waals surface area contributed by atoms with Gasteiger partial charge in [-0.3, -0.25) is 4.72 Å². The third-order valence-electron chi connectivity index (χ3n) is 2.33. The van der Waals surface area contributed by atoms with Crippen LogP contribution in [0.25, 0.3) is 0 Å². The summed E-state index contributed by atoms with van der Waals surface area (Å²) < 4.78 is 39.5. The summed E-state index contributed by atoms with van der Waals surface area (Å²) in [4.78, 5) is 3.56. The zero-order valence-electron chi connectivity index (χ0n) is 9.84. The Morgan fingerprint density at radius 3 is 2.65 bits per heavy atom. The number of pyridine rings is 1. The van der Waals surface area contributed by atoms with E-state index in [1.165, 1.54) is 18.3 Å². The van der Waals surface area contributed by atoms with E-state index in [-0.39, 0.29) is 16.3 Å². The SMILES string of the molecule is N#Cc1cc(S(=O)(=O)Nc2ccc(Cl)cn2)ccc1F. The molecule has 0 saturated carbocycles. The molecular formula is C12H7ClFN3O2S. The molecule has 0 bridgehead atoms. The number of hydrogen-bond donors (Lipinski definition) is 1. The molecule has 8 heteroatoms. The van der Waals surface area contributed by atoms with Gasteiger partial charge in [-0.25, -0.2) is 17.8 Å². The van der Waals surface area contributed by atoms with Crippen LogP contribution in [0.2, 0.25) is 5.02 Å². The van der Waals surface area contributed by atoms with Gasteiger partial charge in [-0.2, -0.15) is 5.26 Å². The van der Waals surface area contributed by atoms with Gasteiger partial charge in [-0.1, -0.05) is 11.6 Å². The molecular weight excluding hydrogens is 305 g/mol. The second-order valence-electron chi connectivity index (χ2n) is 3.72. The van der Waals surface area contributed by atoms with Gasteiger partial charge in [0.15, 0.2) is 0 Å². The number of benzene rings is 1. The predicted octanol–water partition coefficient (Wildman–Crippen LogP) is 2.55. The lowest BCUT2D eigenvalue weighted by Gasteiger charge is -2.07. The van der Waals surface area contributed by atoms with Gasteiger partial charge in [0, 0.05) is 6.20 Å². The topological polar surface area (TPSA) is 82.8 Å². The van der Waals surface area contributed by atoms with Crippen molar-refractivity contribution in [1.82, 2.24) is 4.98 Å². The molecule has 0 aliphatic carbocycles. The minimum absolute atomic E-state index is 0.0669. The van der Waals surface area contributed by atoms with Gasteiger partial charge in [-0.05, 0) is 30.3 Å². The third-order valence-corrected chi connectivity index (χ3v) is 3.91. The van der Waals surface area contributed by atoms with Crippen molar-refractivity contribution >= 4 is 27.4 Å². The monoisotopic (exact) mass is 311 g/mol. The highest BCUT2D eigenvalue weighted by molar-refractivity contribution is 7.92. The van der Waals surface area contributed by atoms with Crippen molar-refractivity contribution in [2.75, 3.05) is 4.72 Å². The number of aromatic nitrogens is 1. The summed E-state index contributed by atoms with van der Waals surface area (Å²) >= 11 is 5.64. The predicted molar refractivity (Wildman–Crippen MR) is 71.2 cm³/mol. The first-order valence-corrected chi connectivity index (χ1v) is 7.12. The molecule has 2 aromatic rings. The van der Waals surface area contributed by atoms with Crippen molar-refractivity contribution in [1.29, 1.82) is 5.26 Å². The fourth-order valence-electron chi connectivity index (χ4n) is 1.39. The molecule has 1 N–H and O–H groups in total. The van der Waals surface area contributed by atoms with Crippen molar-refractivity contribution in [2.24, 2.45) is 0 Å². The largest absolute Gasteiger partial charge is 0.263 e. The highest BCUT2D eigenvalue weighted by Gasteiger charge is 2.17. The summed E-state index contributed by atoms with van der Waals surface area (Å²) in [6.45, 7) is 0. The second-order valence-corrected chi connectivity index (χ2v) is 5.84. The number of anilines is 1. The number of nitrogens with zero attached hydrogens (tertiary/aromatic N) is 2. The maximum Gasteiger partial charge on any atom is 0.263 e. The number of sulfonamides is 1. The molecule has 0 atom stereocenters. The van der Waals surface area contributed by atoms with Gasteiger partial charge >= 0.3 is 0 Å². The number of hydrogen-bond acceptors (Lipinski definition) is 4. The Hall–Kier alpha value is -2.17. The molecule has 0 amide bonds. The van der Waals surface area contributed by atoms with Crippen LogP contribution >= 0.6 is 11.6 Å². The van der Waals surface area contributed by atoms with E-state index >= 15 is 0 Å². The van der Waals surface area contributed by atoms with Crippen LogP contribution in [0, 0.1) is 17.1 Å². The summed E-state index contributed by atoms with van der Waals surface area (Å²) in [5, 5.41) is 9.06. The lowest BCUT2D eigenvalue weighted by Crippen LogP contribution is -2.14. The zero-order valence-corrected chi connectivity index (χ0v) is 11.4. The number of halogens is 2. The third kappa shape index (κ3) is 3.04. The summed E-state index contributed by atoms with van der Waals surface area (Å²) in [5.74, 6) is -0.715. The zero-order chi connectivity index (χ0) is 14.8. The van der Waals surface area contributed by atoms with Crippen LogP contribution in [0.5, 0.6) is 0 Å². The van der Waals surface area contributed by atoms with Gasteiger partial charge in [-0.15, -0.1) is 0 Å². The van der Waals surface area contributed by atoms with Crippen LogP contribution in [0.4, 0.5) is 10.2 Å². The smallest absolute Gasteiger partial charge is 0.263 e. The molecule has 1 aromatic heterocycles. The first-order chi connectivity index (χ1) is 9.42.